The molecular weight excluding hydrogens is 320 g/mol. The summed E-state index contributed by atoms with van der Waals surface area (Å²) in [5.41, 5.74) is 5.35. The van der Waals surface area contributed by atoms with Crippen molar-refractivity contribution >= 4 is 27.3 Å². The van der Waals surface area contributed by atoms with E-state index in [2.05, 4.69) is 0 Å². The van der Waals surface area contributed by atoms with E-state index in [0.29, 0.717) is 0 Å². The van der Waals surface area contributed by atoms with E-state index < -0.39 is 26.9 Å². The Bertz CT molecular complexity index is 858. The van der Waals surface area contributed by atoms with Crippen molar-refractivity contribution in [1.82, 2.24) is 0 Å². The molecule has 1 atom stereocenters. The van der Waals surface area contributed by atoms with E-state index in [1.165, 1.54) is 24.5 Å². The predicted octanol–water partition coefficient (Wildman–Crippen LogP) is 1.02. The fourth-order valence-corrected chi connectivity index (χ4v) is 4.49. The van der Waals surface area contributed by atoms with Gasteiger partial charge in [0.25, 0.3) is 0 Å². The Morgan fingerprint density at radius 3 is 2.65 bits per heavy atom. The van der Waals surface area contributed by atoms with Crippen molar-refractivity contribution in [3.63, 3.8) is 0 Å². The lowest BCUT2D eigenvalue weighted by Gasteiger charge is -2.20. The van der Waals surface area contributed by atoms with Gasteiger partial charge in [0.15, 0.2) is 9.84 Å². The number of carbonyl (C=O) groups is 2. The van der Waals surface area contributed by atoms with E-state index in [4.69, 9.17) is 10.2 Å². The van der Waals surface area contributed by atoms with E-state index in [-0.39, 0.29) is 29.3 Å². The standard InChI is InChI=1S/C15H14N2O5S/c16-14(18)9-17-10-4-1-2-6-12(10)23(20,21)13(8-15(17)19)11-5-3-7-22-11/h1-7,13H,8-9H2,(H2,16,18). The van der Waals surface area contributed by atoms with Crippen LogP contribution in [0.1, 0.15) is 17.4 Å². The second kappa shape index (κ2) is 5.54. The third kappa shape index (κ3) is 2.61. The highest BCUT2D eigenvalue weighted by Crippen LogP contribution is 2.40. The number of furan rings is 1. The van der Waals surface area contributed by atoms with Crippen LogP contribution < -0.4 is 10.6 Å². The third-order valence-corrected chi connectivity index (χ3v) is 5.78. The van der Waals surface area contributed by atoms with Gasteiger partial charge in [-0.15, -0.1) is 0 Å². The SMILES string of the molecule is NC(=O)CN1C(=O)CC(c2ccco2)S(=O)(=O)c2ccccc21. The van der Waals surface area contributed by atoms with Gasteiger partial charge in [0, 0.05) is 0 Å². The van der Waals surface area contributed by atoms with Crippen molar-refractivity contribution in [3.8, 4) is 0 Å². The van der Waals surface area contributed by atoms with Crippen LogP contribution in [-0.4, -0.2) is 26.8 Å². The summed E-state index contributed by atoms with van der Waals surface area (Å²) < 4.78 is 31.1. The van der Waals surface area contributed by atoms with E-state index in [1.807, 2.05) is 0 Å². The average molecular weight is 334 g/mol. The van der Waals surface area contributed by atoms with Crippen LogP contribution in [0.25, 0.3) is 0 Å². The summed E-state index contributed by atoms with van der Waals surface area (Å²) in [5.74, 6) is -1.03. The molecule has 0 saturated carbocycles. The van der Waals surface area contributed by atoms with E-state index >= 15 is 0 Å². The lowest BCUT2D eigenvalue weighted by molar-refractivity contribution is -0.122. The predicted molar refractivity (Wildman–Crippen MR) is 81.2 cm³/mol. The molecule has 0 radical (unpaired) electrons. The van der Waals surface area contributed by atoms with Gasteiger partial charge in [-0.3, -0.25) is 9.59 Å². The maximum atomic E-state index is 12.9. The Labute approximate surface area is 132 Å². The molecule has 0 saturated heterocycles. The van der Waals surface area contributed by atoms with Crippen molar-refractivity contribution < 1.29 is 22.4 Å². The van der Waals surface area contributed by atoms with Crippen LogP contribution >= 0.6 is 0 Å². The summed E-state index contributed by atoms with van der Waals surface area (Å²) in [6.07, 6.45) is 1.03. The molecule has 7 nitrogen and oxygen atoms in total. The second-order valence-corrected chi connectivity index (χ2v) is 7.27. The first kappa shape index (κ1) is 15.3. The highest BCUT2D eigenvalue weighted by atomic mass is 32.2. The van der Waals surface area contributed by atoms with Crippen LogP contribution in [0.2, 0.25) is 0 Å². The van der Waals surface area contributed by atoms with Gasteiger partial charge in [0.2, 0.25) is 11.8 Å². The topological polar surface area (TPSA) is 111 Å². The summed E-state index contributed by atoms with van der Waals surface area (Å²) in [7, 11) is -3.85. The van der Waals surface area contributed by atoms with Crippen LogP contribution in [0.4, 0.5) is 5.69 Å². The zero-order valence-electron chi connectivity index (χ0n) is 12.0. The van der Waals surface area contributed by atoms with Crippen LogP contribution in [0.15, 0.2) is 52.0 Å². The van der Waals surface area contributed by atoms with Crippen molar-refractivity contribution in [2.45, 2.75) is 16.6 Å². The molecule has 0 bridgehead atoms. The summed E-state index contributed by atoms with van der Waals surface area (Å²) in [6, 6.07) is 9.14. The largest absolute Gasteiger partial charge is 0.468 e. The van der Waals surface area contributed by atoms with Crippen LogP contribution in [0.3, 0.4) is 0 Å². The number of para-hydroxylation sites is 1. The summed E-state index contributed by atoms with van der Waals surface area (Å²) >= 11 is 0. The lowest BCUT2D eigenvalue weighted by atomic mass is 10.2. The van der Waals surface area contributed by atoms with Crippen molar-refractivity contribution in [1.29, 1.82) is 0 Å². The number of hydrogen-bond acceptors (Lipinski definition) is 5. The smallest absolute Gasteiger partial charge is 0.237 e. The Balaban J connectivity index is 2.21. The first-order valence-electron chi connectivity index (χ1n) is 6.86. The monoisotopic (exact) mass is 334 g/mol. The lowest BCUT2D eigenvalue weighted by Crippen LogP contribution is -2.38. The molecule has 8 heteroatoms. The van der Waals surface area contributed by atoms with E-state index in [1.54, 1.807) is 18.2 Å². The van der Waals surface area contributed by atoms with E-state index in [0.717, 1.165) is 4.90 Å². The molecule has 120 valence electrons. The van der Waals surface area contributed by atoms with Crippen molar-refractivity contribution in [2.24, 2.45) is 5.73 Å². The minimum atomic E-state index is -3.85. The molecule has 0 fully saturated rings. The average Bonchev–Trinajstić information content (AvgIpc) is 3.01. The van der Waals surface area contributed by atoms with Gasteiger partial charge in [-0.1, -0.05) is 12.1 Å². The van der Waals surface area contributed by atoms with Gasteiger partial charge in [-0.25, -0.2) is 8.42 Å². The number of sulfone groups is 1. The first-order chi connectivity index (χ1) is 10.9. The van der Waals surface area contributed by atoms with Gasteiger partial charge in [0.1, 0.15) is 17.6 Å². The number of rotatable bonds is 3. The van der Waals surface area contributed by atoms with Crippen molar-refractivity contribution in [3.05, 3.63) is 48.4 Å². The molecule has 2 amide bonds. The second-order valence-electron chi connectivity index (χ2n) is 5.17. The molecule has 3 rings (SSSR count). The molecule has 1 aromatic heterocycles. The number of carbonyl (C=O) groups excluding carboxylic acids is 2. The molecule has 1 aromatic carbocycles. The number of nitrogens with zero attached hydrogens (tertiary/aromatic N) is 1. The minimum Gasteiger partial charge on any atom is -0.468 e. The maximum absolute atomic E-state index is 12.9. The number of benzene rings is 1. The maximum Gasteiger partial charge on any atom is 0.237 e. The number of anilines is 1. The number of primary amides is 1. The Morgan fingerprint density at radius 1 is 1.26 bits per heavy atom. The van der Waals surface area contributed by atoms with Gasteiger partial charge >= 0.3 is 0 Å². The Kier molecular flexibility index (Phi) is 3.69. The summed E-state index contributed by atoms with van der Waals surface area (Å²) in [5, 5.41) is -1.14. The van der Waals surface area contributed by atoms with Gasteiger partial charge in [0.05, 0.1) is 23.3 Å². The van der Waals surface area contributed by atoms with Crippen LogP contribution in [0, 0.1) is 0 Å². The van der Waals surface area contributed by atoms with Gasteiger partial charge in [-0.2, -0.15) is 0 Å². The molecule has 2 heterocycles. The molecule has 23 heavy (non-hydrogen) atoms. The molecule has 1 aliphatic heterocycles. The molecule has 0 aliphatic carbocycles. The van der Waals surface area contributed by atoms with Crippen LogP contribution in [0.5, 0.6) is 0 Å². The summed E-state index contributed by atoms with van der Waals surface area (Å²) in [6.45, 7) is -0.379. The summed E-state index contributed by atoms with van der Waals surface area (Å²) in [4.78, 5) is 24.9. The normalized spacial score (nSPS) is 19.9. The zero-order chi connectivity index (χ0) is 16.6. The highest BCUT2D eigenvalue weighted by molar-refractivity contribution is 7.91. The van der Waals surface area contributed by atoms with E-state index in [9.17, 15) is 18.0 Å². The first-order valence-corrected chi connectivity index (χ1v) is 8.41. The van der Waals surface area contributed by atoms with Crippen LogP contribution in [-0.2, 0) is 19.4 Å². The molecule has 2 N–H and O–H groups in total. The molecule has 1 aliphatic rings. The number of hydrogen-bond donors (Lipinski definition) is 1. The fourth-order valence-electron chi connectivity index (χ4n) is 2.64. The fraction of sp³-hybridized carbons (Fsp3) is 0.200. The Hall–Kier alpha value is -2.61. The minimum absolute atomic E-state index is 0.0199. The molecule has 0 spiro atoms. The molecule has 1 unspecified atom stereocenters. The zero-order valence-corrected chi connectivity index (χ0v) is 12.8. The molecular formula is C15H14N2O5S. The quantitative estimate of drug-likeness (QED) is 0.901. The number of amides is 2. The molecule has 2 aromatic rings. The van der Waals surface area contributed by atoms with Crippen molar-refractivity contribution in [2.75, 3.05) is 11.4 Å². The number of nitrogens with two attached hydrogens (primary N) is 1. The highest BCUT2D eigenvalue weighted by Gasteiger charge is 2.41. The Morgan fingerprint density at radius 2 is 2.00 bits per heavy atom. The van der Waals surface area contributed by atoms with Gasteiger partial charge in [-0.05, 0) is 24.3 Å². The van der Waals surface area contributed by atoms with Gasteiger partial charge < -0.3 is 15.1 Å². The third-order valence-electron chi connectivity index (χ3n) is 3.67. The number of fused-ring (bicyclic) bond motifs is 1.